The molecule has 0 saturated heterocycles. The fourth-order valence-corrected chi connectivity index (χ4v) is 1.82. The molecule has 0 spiro atoms. The fraction of sp³-hybridized carbons (Fsp3) is 0.133. The maximum Gasteiger partial charge on any atom is 0.252 e. The van der Waals surface area contributed by atoms with E-state index in [1.54, 1.807) is 25.3 Å². The van der Waals surface area contributed by atoms with Crippen LogP contribution in [0.4, 0.5) is 5.69 Å². The fourth-order valence-electron chi connectivity index (χ4n) is 1.82. The van der Waals surface area contributed by atoms with Crippen LogP contribution in [0.1, 0.15) is 15.9 Å². The Morgan fingerprint density at radius 1 is 1.20 bits per heavy atom. The third kappa shape index (κ3) is 3.27. The lowest BCUT2D eigenvalue weighted by Gasteiger charge is -2.11. The number of hydrogen-bond donors (Lipinski definition) is 2. The van der Waals surface area contributed by atoms with E-state index in [1.807, 2.05) is 18.2 Å². The van der Waals surface area contributed by atoms with Gasteiger partial charge in [-0.05, 0) is 35.9 Å². The number of anilines is 1. The number of carbonyl (C=O) groups is 1. The number of benzene rings is 2. The largest absolute Gasteiger partial charge is 0.457 e. The molecule has 5 nitrogen and oxygen atoms in total. The van der Waals surface area contributed by atoms with Crippen molar-refractivity contribution in [1.29, 1.82) is 0 Å². The monoisotopic (exact) mass is 272 g/mol. The SMILES string of the molecule is COCc1cccc(Oc2ccc(N)cc2C(N)=O)c1. The normalized spacial score (nSPS) is 10.2. The first-order chi connectivity index (χ1) is 9.60. The Bertz CT molecular complexity index is 626. The summed E-state index contributed by atoms with van der Waals surface area (Å²) in [6, 6.07) is 12.2. The van der Waals surface area contributed by atoms with Gasteiger partial charge >= 0.3 is 0 Å². The van der Waals surface area contributed by atoms with Crippen LogP contribution in [-0.4, -0.2) is 13.0 Å². The molecule has 0 fully saturated rings. The van der Waals surface area contributed by atoms with Crippen molar-refractivity contribution in [2.24, 2.45) is 5.73 Å². The van der Waals surface area contributed by atoms with Crippen molar-refractivity contribution in [3.63, 3.8) is 0 Å². The molecule has 0 heterocycles. The van der Waals surface area contributed by atoms with Gasteiger partial charge in [-0.15, -0.1) is 0 Å². The first kappa shape index (κ1) is 13.9. The van der Waals surface area contributed by atoms with Crippen molar-refractivity contribution in [3.05, 3.63) is 53.6 Å². The molecule has 0 radical (unpaired) electrons. The predicted molar refractivity (Wildman–Crippen MR) is 76.6 cm³/mol. The van der Waals surface area contributed by atoms with Crippen molar-refractivity contribution in [2.75, 3.05) is 12.8 Å². The number of nitrogens with two attached hydrogens (primary N) is 2. The number of hydrogen-bond acceptors (Lipinski definition) is 4. The molecular weight excluding hydrogens is 256 g/mol. The van der Waals surface area contributed by atoms with Gasteiger partial charge < -0.3 is 20.9 Å². The quantitative estimate of drug-likeness (QED) is 0.817. The molecule has 0 saturated carbocycles. The van der Waals surface area contributed by atoms with Gasteiger partial charge in [0.05, 0.1) is 12.2 Å². The van der Waals surface area contributed by atoms with Gasteiger partial charge in [0.2, 0.25) is 0 Å². The van der Waals surface area contributed by atoms with Crippen molar-refractivity contribution in [1.82, 2.24) is 0 Å². The second-order valence-electron chi connectivity index (χ2n) is 4.30. The number of amides is 1. The lowest BCUT2D eigenvalue weighted by atomic mass is 10.1. The highest BCUT2D eigenvalue weighted by Gasteiger charge is 2.11. The van der Waals surface area contributed by atoms with Gasteiger partial charge in [-0.3, -0.25) is 4.79 Å². The van der Waals surface area contributed by atoms with E-state index in [1.165, 1.54) is 6.07 Å². The second-order valence-corrected chi connectivity index (χ2v) is 4.30. The molecule has 0 bridgehead atoms. The zero-order valence-corrected chi connectivity index (χ0v) is 11.1. The van der Waals surface area contributed by atoms with Gasteiger partial charge in [0.15, 0.2) is 0 Å². The standard InChI is InChI=1S/C15H16N2O3/c1-19-9-10-3-2-4-12(7-10)20-14-6-5-11(16)8-13(14)15(17)18/h2-8H,9,16H2,1H3,(H2,17,18). The second kappa shape index (κ2) is 6.08. The van der Waals surface area contributed by atoms with E-state index in [9.17, 15) is 4.79 Å². The number of ether oxygens (including phenoxy) is 2. The molecule has 0 aliphatic carbocycles. The van der Waals surface area contributed by atoms with Gasteiger partial charge in [-0.1, -0.05) is 12.1 Å². The minimum absolute atomic E-state index is 0.252. The van der Waals surface area contributed by atoms with Gasteiger partial charge in [-0.2, -0.15) is 0 Å². The first-order valence-corrected chi connectivity index (χ1v) is 6.05. The average molecular weight is 272 g/mol. The van der Waals surface area contributed by atoms with E-state index >= 15 is 0 Å². The van der Waals surface area contributed by atoms with E-state index in [0.29, 0.717) is 23.8 Å². The Morgan fingerprint density at radius 2 is 2.00 bits per heavy atom. The van der Waals surface area contributed by atoms with Crippen molar-refractivity contribution in [2.45, 2.75) is 6.61 Å². The lowest BCUT2D eigenvalue weighted by molar-refractivity contribution is 0.0998. The number of carbonyl (C=O) groups excluding carboxylic acids is 1. The van der Waals surface area contributed by atoms with E-state index < -0.39 is 5.91 Å². The van der Waals surface area contributed by atoms with Crippen LogP contribution < -0.4 is 16.2 Å². The van der Waals surface area contributed by atoms with Crippen molar-refractivity contribution >= 4 is 11.6 Å². The smallest absolute Gasteiger partial charge is 0.252 e. The molecule has 0 aliphatic heterocycles. The maximum atomic E-state index is 11.4. The highest BCUT2D eigenvalue weighted by molar-refractivity contribution is 5.96. The van der Waals surface area contributed by atoms with Crippen LogP contribution in [0.15, 0.2) is 42.5 Å². The summed E-state index contributed by atoms with van der Waals surface area (Å²) in [5.74, 6) is 0.397. The van der Waals surface area contributed by atoms with Crippen LogP contribution >= 0.6 is 0 Å². The summed E-state index contributed by atoms with van der Waals surface area (Å²) >= 11 is 0. The molecule has 0 atom stereocenters. The summed E-state index contributed by atoms with van der Waals surface area (Å²) in [6.45, 7) is 0.488. The van der Waals surface area contributed by atoms with Crippen LogP contribution in [0.25, 0.3) is 0 Å². The van der Waals surface area contributed by atoms with Crippen LogP contribution in [0, 0.1) is 0 Å². The van der Waals surface area contributed by atoms with Gasteiger partial charge in [0, 0.05) is 12.8 Å². The molecular formula is C15H16N2O3. The van der Waals surface area contributed by atoms with Crippen LogP contribution in [0.2, 0.25) is 0 Å². The third-order valence-electron chi connectivity index (χ3n) is 2.71. The minimum Gasteiger partial charge on any atom is -0.457 e. The number of primary amides is 1. The van der Waals surface area contributed by atoms with Crippen LogP contribution in [0.5, 0.6) is 11.5 Å². The molecule has 0 aromatic heterocycles. The molecule has 0 unspecified atom stereocenters. The Morgan fingerprint density at radius 3 is 2.70 bits per heavy atom. The lowest BCUT2D eigenvalue weighted by Crippen LogP contribution is -2.12. The molecule has 104 valence electrons. The molecule has 0 aliphatic rings. The highest BCUT2D eigenvalue weighted by Crippen LogP contribution is 2.27. The highest BCUT2D eigenvalue weighted by atomic mass is 16.5. The van der Waals surface area contributed by atoms with E-state index in [4.69, 9.17) is 20.9 Å². The van der Waals surface area contributed by atoms with Gasteiger partial charge in [0.25, 0.3) is 5.91 Å². The van der Waals surface area contributed by atoms with E-state index in [2.05, 4.69) is 0 Å². The Labute approximate surface area is 117 Å². The van der Waals surface area contributed by atoms with E-state index in [-0.39, 0.29) is 5.56 Å². The zero-order valence-electron chi connectivity index (χ0n) is 11.1. The van der Waals surface area contributed by atoms with Crippen molar-refractivity contribution < 1.29 is 14.3 Å². The summed E-state index contributed by atoms with van der Waals surface area (Å²) in [7, 11) is 1.62. The molecule has 4 N–H and O–H groups in total. The first-order valence-electron chi connectivity index (χ1n) is 6.05. The Kier molecular flexibility index (Phi) is 4.22. The van der Waals surface area contributed by atoms with E-state index in [0.717, 1.165) is 5.56 Å². The number of rotatable bonds is 5. The molecule has 20 heavy (non-hydrogen) atoms. The summed E-state index contributed by atoms with van der Waals surface area (Å²) in [5.41, 5.74) is 12.6. The molecule has 2 aromatic rings. The molecule has 1 amide bonds. The third-order valence-corrected chi connectivity index (χ3v) is 2.71. The average Bonchev–Trinajstić information content (AvgIpc) is 2.41. The molecule has 5 heteroatoms. The van der Waals surface area contributed by atoms with Crippen molar-refractivity contribution in [3.8, 4) is 11.5 Å². The summed E-state index contributed by atoms with van der Waals surface area (Å²) < 4.78 is 10.8. The maximum absolute atomic E-state index is 11.4. The van der Waals surface area contributed by atoms with Crippen LogP contribution in [0.3, 0.4) is 0 Å². The van der Waals surface area contributed by atoms with Gasteiger partial charge in [-0.25, -0.2) is 0 Å². The topological polar surface area (TPSA) is 87.6 Å². The summed E-state index contributed by atoms with van der Waals surface area (Å²) in [4.78, 5) is 11.4. The Balaban J connectivity index is 2.30. The molecule has 2 rings (SSSR count). The Hall–Kier alpha value is -2.53. The van der Waals surface area contributed by atoms with Crippen LogP contribution in [-0.2, 0) is 11.3 Å². The minimum atomic E-state index is -0.583. The number of methoxy groups -OCH3 is 1. The number of nitrogen functional groups attached to an aromatic ring is 1. The predicted octanol–water partition coefficient (Wildman–Crippen LogP) is 2.31. The van der Waals surface area contributed by atoms with Gasteiger partial charge in [0.1, 0.15) is 11.5 Å². The molecule has 2 aromatic carbocycles. The zero-order chi connectivity index (χ0) is 14.5. The summed E-state index contributed by atoms with van der Waals surface area (Å²) in [6.07, 6.45) is 0. The summed E-state index contributed by atoms with van der Waals surface area (Å²) in [5, 5.41) is 0.